The highest BCUT2D eigenvalue weighted by Crippen LogP contribution is 2.33. The summed E-state index contributed by atoms with van der Waals surface area (Å²) in [6.45, 7) is 2.46. The summed E-state index contributed by atoms with van der Waals surface area (Å²) in [6, 6.07) is 1.76. The van der Waals surface area contributed by atoms with Gasteiger partial charge in [0.05, 0.1) is 0 Å². The molecule has 0 aromatic carbocycles. The van der Waals surface area contributed by atoms with Crippen LogP contribution in [0.1, 0.15) is 19.8 Å². The van der Waals surface area contributed by atoms with E-state index in [1.807, 2.05) is 19.0 Å². The van der Waals surface area contributed by atoms with Crippen LogP contribution in [0.5, 0.6) is 0 Å². The van der Waals surface area contributed by atoms with Crippen LogP contribution in [0.3, 0.4) is 0 Å². The Labute approximate surface area is 106 Å². The van der Waals surface area contributed by atoms with Crippen LogP contribution in [0.2, 0.25) is 0 Å². The van der Waals surface area contributed by atoms with Crippen LogP contribution in [0.25, 0.3) is 0 Å². The highest BCUT2D eigenvalue weighted by Gasteiger charge is 2.44. The summed E-state index contributed by atoms with van der Waals surface area (Å²) in [5, 5.41) is 9.39. The zero-order valence-corrected chi connectivity index (χ0v) is 10.9. The van der Waals surface area contributed by atoms with Crippen LogP contribution in [0.4, 0.5) is 11.8 Å². The maximum Gasteiger partial charge on any atom is 0.329 e. The van der Waals surface area contributed by atoms with Crippen LogP contribution >= 0.6 is 0 Å². The maximum atomic E-state index is 11.4. The molecular weight excluding hydrogens is 232 g/mol. The number of carboxylic acids is 1. The van der Waals surface area contributed by atoms with E-state index in [1.165, 1.54) is 0 Å². The summed E-state index contributed by atoms with van der Waals surface area (Å²) in [5.41, 5.74) is -0.863. The Morgan fingerprint density at radius 1 is 1.56 bits per heavy atom. The van der Waals surface area contributed by atoms with Gasteiger partial charge in [-0.3, -0.25) is 0 Å². The van der Waals surface area contributed by atoms with Crippen LogP contribution in [-0.4, -0.2) is 47.2 Å². The standard InChI is InChI=1S/C12H18N4O2/c1-12(10(17)18)6-4-8-16(12)9-5-7-13-11(14-9)15(2)3/h5,7H,4,6,8H2,1-3H3,(H,17,18). The van der Waals surface area contributed by atoms with Gasteiger partial charge < -0.3 is 14.9 Å². The zero-order chi connectivity index (χ0) is 13.3. The zero-order valence-electron chi connectivity index (χ0n) is 10.9. The third-order valence-corrected chi connectivity index (χ3v) is 3.41. The average molecular weight is 250 g/mol. The fraction of sp³-hybridized carbons (Fsp3) is 0.583. The van der Waals surface area contributed by atoms with Crippen LogP contribution in [0, 0.1) is 0 Å². The first kappa shape index (κ1) is 12.6. The number of aliphatic carboxylic acids is 1. The minimum Gasteiger partial charge on any atom is -0.480 e. The molecule has 0 aliphatic carbocycles. The van der Waals surface area contributed by atoms with Gasteiger partial charge in [0.15, 0.2) is 0 Å². The third kappa shape index (κ3) is 1.98. The molecule has 0 bridgehead atoms. The van der Waals surface area contributed by atoms with Gasteiger partial charge in [-0.25, -0.2) is 9.78 Å². The molecule has 1 unspecified atom stereocenters. The Bertz CT molecular complexity index is 463. The summed E-state index contributed by atoms with van der Waals surface area (Å²) < 4.78 is 0. The number of hydrogen-bond acceptors (Lipinski definition) is 5. The van der Waals surface area contributed by atoms with Crippen molar-refractivity contribution in [2.24, 2.45) is 0 Å². The number of carboxylic acid groups (broad SMARTS) is 1. The van der Waals surface area contributed by atoms with Gasteiger partial charge in [-0.15, -0.1) is 0 Å². The number of anilines is 2. The van der Waals surface area contributed by atoms with Crippen LogP contribution in [-0.2, 0) is 4.79 Å². The fourth-order valence-corrected chi connectivity index (χ4v) is 2.26. The van der Waals surface area contributed by atoms with Gasteiger partial charge in [-0.05, 0) is 25.8 Å². The quantitative estimate of drug-likeness (QED) is 0.862. The van der Waals surface area contributed by atoms with Crippen molar-refractivity contribution in [3.8, 4) is 0 Å². The van der Waals surface area contributed by atoms with E-state index in [9.17, 15) is 9.90 Å². The summed E-state index contributed by atoms with van der Waals surface area (Å²) in [6.07, 6.45) is 3.17. The highest BCUT2D eigenvalue weighted by molar-refractivity contribution is 5.83. The van der Waals surface area contributed by atoms with E-state index in [2.05, 4.69) is 9.97 Å². The first-order valence-electron chi connectivity index (χ1n) is 5.96. The summed E-state index contributed by atoms with van der Waals surface area (Å²) in [5.74, 6) is 0.466. The normalized spacial score (nSPS) is 23.2. The lowest BCUT2D eigenvalue weighted by molar-refractivity contribution is -0.142. The van der Waals surface area contributed by atoms with E-state index < -0.39 is 11.5 Å². The maximum absolute atomic E-state index is 11.4. The van der Waals surface area contributed by atoms with Crippen LogP contribution < -0.4 is 9.80 Å². The van der Waals surface area contributed by atoms with Gasteiger partial charge >= 0.3 is 5.97 Å². The van der Waals surface area contributed by atoms with Crippen LogP contribution in [0.15, 0.2) is 12.3 Å². The number of hydrogen-bond donors (Lipinski definition) is 1. The number of aromatic nitrogens is 2. The van der Waals surface area contributed by atoms with Gasteiger partial charge in [-0.1, -0.05) is 0 Å². The molecule has 0 amide bonds. The number of rotatable bonds is 3. The molecule has 2 heterocycles. The molecule has 0 saturated carbocycles. The Morgan fingerprint density at radius 3 is 2.89 bits per heavy atom. The van der Waals surface area contributed by atoms with Crippen molar-refractivity contribution in [1.29, 1.82) is 0 Å². The summed E-state index contributed by atoms with van der Waals surface area (Å²) in [4.78, 5) is 23.6. The molecule has 1 saturated heterocycles. The predicted octanol–water partition coefficient (Wildman–Crippen LogP) is 0.986. The topological polar surface area (TPSA) is 69.6 Å². The molecule has 18 heavy (non-hydrogen) atoms. The lowest BCUT2D eigenvalue weighted by Crippen LogP contribution is -2.48. The second-order valence-corrected chi connectivity index (χ2v) is 4.94. The molecule has 0 radical (unpaired) electrons. The molecule has 6 heteroatoms. The van der Waals surface area contributed by atoms with Gasteiger partial charge in [0.25, 0.3) is 0 Å². The Kier molecular flexibility index (Phi) is 3.11. The SMILES string of the molecule is CN(C)c1nccc(N2CCCC2(C)C(=O)O)n1. The summed E-state index contributed by atoms with van der Waals surface area (Å²) >= 11 is 0. The lowest BCUT2D eigenvalue weighted by atomic mass is 9.99. The van der Waals surface area contributed by atoms with E-state index in [0.29, 0.717) is 24.7 Å². The molecule has 1 atom stereocenters. The van der Waals surface area contributed by atoms with Crippen molar-refractivity contribution in [3.63, 3.8) is 0 Å². The minimum absolute atomic E-state index is 0.590. The van der Waals surface area contributed by atoms with Crippen molar-refractivity contribution in [2.45, 2.75) is 25.3 Å². The lowest BCUT2D eigenvalue weighted by Gasteiger charge is -2.32. The van der Waals surface area contributed by atoms with Gasteiger partial charge in [0.2, 0.25) is 5.95 Å². The first-order chi connectivity index (χ1) is 8.45. The Morgan fingerprint density at radius 2 is 2.28 bits per heavy atom. The van der Waals surface area contributed by atoms with Gasteiger partial charge in [0.1, 0.15) is 11.4 Å². The molecule has 0 spiro atoms. The average Bonchev–Trinajstić information content (AvgIpc) is 2.73. The van der Waals surface area contributed by atoms with E-state index in [0.717, 1.165) is 6.42 Å². The molecule has 2 rings (SSSR count). The first-order valence-corrected chi connectivity index (χ1v) is 5.96. The van der Waals surface area contributed by atoms with Gasteiger partial charge in [-0.2, -0.15) is 4.98 Å². The fourth-order valence-electron chi connectivity index (χ4n) is 2.26. The largest absolute Gasteiger partial charge is 0.480 e. The molecule has 1 fully saturated rings. The predicted molar refractivity (Wildman–Crippen MR) is 69.0 cm³/mol. The van der Waals surface area contributed by atoms with E-state index in [1.54, 1.807) is 24.1 Å². The third-order valence-electron chi connectivity index (χ3n) is 3.41. The number of carbonyl (C=O) groups is 1. The second kappa shape index (κ2) is 4.44. The summed E-state index contributed by atoms with van der Waals surface area (Å²) in [7, 11) is 3.72. The Hall–Kier alpha value is -1.85. The van der Waals surface area contributed by atoms with E-state index in [4.69, 9.17) is 0 Å². The monoisotopic (exact) mass is 250 g/mol. The molecule has 1 aliphatic heterocycles. The molecule has 1 aliphatic rings. The highest BCUT2D eigenvalue weighted by atomic mass is 16.4. The van der Waals surface area contributed by atoms with Crippen molar-refractivity contribution < 1.29 is 9.90 Å². The Balaban J connectivity index is 2.36. The number of nitrogens with zero attached hydrogens (tertiary/aromatic N) is 4. The van der Waals surface area contributed by atoms with Crippen molar-refractivity contribution >= 4 is 17.7 Å². The molecular formula is C12H18N4O2. The molecule has 1 aromatic heterocycles. The van der Waals surface area contributed by atoms with Crippen molar-refractivity contribution in [1.82, 2.24) is 9.97 Å². The molecule has 1 N–H and O–H groups in total. The van der Waals surface area contributed by atoms with Crippen molar-refractivity contribution in [3.05, 3.63) is 12.3 Å². The molecule has 1 aromatic rings. The van der Waals surface area contributed by atoms with Crippen molar-refractivity contribution in [2.75, 3.05) is 30.4 Å². The van der Waals surface area contributed by atoms with E-state index in [-0.39, 0.29) is 0 Å². The minimum atomic E-state index is -0.863. The van der Waals surface area contributed by atoms with Gasteiger partial charge in [0, 0.05) is 26.8 Å². The van der Waals surface area contributed by atoms with E-state index >= 15 is 0 Å². The molecule has 98 valence electrons. The molecule has 6 nitrogen and oxygen atoms in total. The smallest absolute Gasteiger partial charge is 0.329 e. The second-order valence-electron chi connectivity index (χ2n) is 4.94.